The van der Waals surface area contributed by atoms with Crippen LogP contribution in [0.5, 0.6) is 11.5 Å². The molecule has 2 aromatic carbocycles. The zero-order valence-electron chi connectivity index (χ0n) is 12.5. The van der Waals surface area contributed by atoms with E-state index in [9.17, 15) is 14.0 Å². The molecule has 0 spiro atoms. The molecule has 2 rings (SSSR count). The summed E-state index contributed by atoms with van der Waals surface area (Å²) in [6.45, 7) is 1.35. The lowest BCUT2D eigenvalue weighted by molar-refractivity contribution is -0.138. The summed E-state index contributed by atoms with van der Waals surface area (Å²) in [4.78, 5) is 22.3. The van der Waals surface area contributed by atoms with Gasteiger partial charge in [0.05, 0.1) is 5.02 Å². The molecule has 3 N–H and O–H groups in total. The highest BCUT2D eigenvalue weighted by atomic mass is 35.5. The van der Waals surface area contributed by atoms with Gasteiger partial charge in [0.25, 0.3) is 0 Å². The fourth-order valence-electron chi connectivity index (χ4n) is 1.71. The molecule has 0 aliphatic rings. The van der Waals surface area contributed by atoms with E-state index in [0.717, 1.165) is 0 Å². The van der Waals surface area contributed by atoms with Gasteiger partial charge in [-0.25, -0.2) is 9.18 Å². The van der Waals surface area contributed by atoms with E-state index in [1.54, 1.807) is 24.3 Å². The summed E-state index contributed by atoms with van der Waals surface area (Å²) in [7, 11) is 0. The molecule has 0 saturated heterocycles. The Morgan fingerprint density at radius 3 is 2.38 bits per heavy atom. The van der Waals surface area contributed by atoms with E-state index in [1.807, 2.05) is 0 Å². The predicted molar refractivity (Wildman–Crippen MR) is 87.2 cm³/mol. The first-order valence-electron chi connectivity index (χ1n) is 6.88. The maximum absolute atomic E-state index is 13.1. The molecule has 24 heavy (non-hydrogen) atoms. The number of hydrogen-bond acceptors (Lipinski definition) is 3. The molecule has 0 aliphatic heterocycles. The molecular formula is C16H14ClFN2O4. The van der Waals surface area contributed by atoms with E-state index >= 15 is 0 Å². The first-order valence-corrected chi connectivity index (χ1v) is 7.26. The van der Waals surface area contributed by atoms with Gasteiger partial charge >= 0.3 is 12.0 Å². The van der Waals surface area contributed by atoms with E-state index in [2.05, 4.69) is 10.6 Å². The smallest absolute Gasteiger partial charge is 0.325 e. The van der Waals surface area contributed by atoms with Crippen LogP contribution in [0.2, 0.25) is 5.02 Å². The molecular weight excluding hydrogens is 339 g/mol. The highest BCUT2D eigenvalue weighted by Crippen LogP contribution is 2.26. The van der Waals surface area contributed by atoms with E-state index in [4.69, 9.17) is 21.4 Å². The largest absolute Gasteiger partial charge is 0.480 e. The first kappa shape index (κ1) is 17.6. The van der Waals surface area contributed by atoms with Crippen molar-refractivity contribution < 1.29 is 23.8 Å². The Labute approximate surface area is 142 Å². The number of rotatable bonds is 5. The third-order valence-electron chi connectivity index (χ3n) is 2.96. The van der Waals surface area contributed by atoms with Crippen LogP contribution in [0.15, 0.2) is 42.5 Å². The van der Waals surface area contributed by atoms with Crippen molar-refractivity contribution in [2.75, 3.05) is 5.32 Å². The Kier molecular flexibility index (Phi) is 5.59. The van der Waals surface area contributed by atoms with Crippen molar-refractivity contribution in [3.63, 3.8) is 0 Å². The third kappa shape index (κ3) is 4.85. The van der Waals surface area contributed by atoms with Crippen LogP contribution in [0.3, 0.4) is 0 Å². The number of carbonyl (C=O) groups is 2. The van der Waals surface area contributed by atoms with Crippen LogP contribution >= 0.6 is 11.6 Å². The number of anilines is 1. The average molecular weight is 353 g/mol. The molecule has 2 aromatic rings. The maximum Gasteiger partial charge on any atom is 0.325 e. The van der Waals surface area contributed by atoms with E-state index in [1.165, 1.54) is 25.1 Å². The second-order valence-electron chi connectivity index (χ2n) is 4.86. The van der Waals surface area contributed by atoms with Gasteiger partial charge in [-0.15, -0.1) is 0 Å². The van der Waals surface area contributed by atoms with Crippen molar-refractivity contribution in [2.24, 2.45) is 0 Å². The highest BCUT2D eigenvalue weighted by Gasteiger charge is 2.13. The summed E-state index contributed by atoms with van der Waals surface area (Å²) in [5.41, 5.74) is 0.453. The zero-order chi connectivity index (χ0) is 17.7. The van der Waals surface area contributed by atoms with Crippen LogP contribution in [0.4, 0.5) is 14.9 Å². The summed E-state index contributed by atoms with van der Waals surface area (Å²) in [6, 6.07) is 8.68. The summed E-state index contributed by atoms with van der Waals surface area (Å²) < 4.78 is 18.6. The number of carboxylic acids is 1. The molecule has 2 amide bonds. The Hall–Kier alpha value is -2.80. The van der Waals surface area contributed by atoms with E-state index < -0.39 is 23.9 Å². The molecule has 0 heterocycles. The molecule has 0 bridgehead atoms. The number of ether oxygens (including phenoxy) is 1. The van der Waals surface area contributed by atoms with Crippen LogP contribution in [-0.4, -0.2) is 23.1 Å². The second-order valence-corrected chi connectivity index (χ2v) is 5.27. The molecule has 0 saturated carbocycles. The van der Waals surface area contributed by atoms with Crippen LogP contribution in [0.25, 0.3) is 0 Å². The van der Waals surface area contributed by atoms with Crippen LogP contribution in [-0.2, 0) is 4.79 Å². The standard InChI is InChI=1S/C16H14ClFN2O4/c1-9(15(21)22)19-16(23)20-10-2-4-11(5-3-10)24-12-6-7-14(18)13(17)8-12/h2-9H,1H3,(H,21,22)(H2,19,20,23). The van der Waals surface area contributed by atoms with Gasteiger partial charge in [-0.3, -0.25) is 4.79 Å². The van der Waals surface area contributed by atoms with Gasteiger partial charge in [-0.05, 0) is 43.3 Å². The van der Waals surface area contributed by atoms with Gasteiger partial charge in [0.1, 0.15) is 23.4 Å². The molecule has 1 atom stereocenters. The Morgan fingerprint density at radius 1 is 1.17 bits per heavy atom. The van der Waals surface area contributed by atoms with Crippen molar-refractivity contribution in [2.45, 2.75) is 13.0 Å². The second kappa shape index (κ2) is 7.65. The van der Waals surface area contributed by atoms with Crippen molar-refractivity contribution >= 4 is 29.3 Å². The topological polar surface area (TPSA) is 87.7 Å². The van der Waals surface area contributed by atoms with Gasteiger partial charge < -0.3 is 20.5 Å². The number of aliphatic carboxylic acids is 1. The minimum absolute atomic E-state index is 0.0463. The number of hydrogen-bond donors (Lipinski definition) is 3. The summed E-state index contributed by atoms with van der Waals surface area (Å²) in [5.74, 6) is -0.838. The molecule has 6 nitrogen and oxygen atoms in total. The maximum atomic E-state index is 13.1. The number of carbonyl (C=O) groups excluding carboxylic acids is 1. The lowest BCUT2D eigenvalue weighted by atomic mass is 10.3. The number of nitrogens with one attached hydrogen (secondary N) is 2. The third-order valence-corrected chi connectivity index (χ3v) is 3.25. The molecule has 0 fully saturated rings. The van der Waals surface area contributed by atoms with E-state index in [0.29, 0.717) is 17.2 Å². The van der Waals surface area contributed by atoms with Gasteiger partial charge in [-0.2, -0.15) is 0 Å². The molecule has 0 aliphatic carbocycles. The summed E-state index contributed by atoms with van der Waals surface area (Å²) in [6.07, 6.45) is 0. The van der Waals surface area contributed by atoms with Crippen LogP contribution in [0.1, 0.15) is 6.92 Å². The van der Waals surface area contributed by atoms with Gasteiger partial charge in [-0.1, -0.05) is 11.6 Å². The molecule has 1 unspecified atom stereocenters. The number of benzene rings is 2. The Morgan fingerprint density at radius 2 is 1.79 bits per heavy atom. The fourth-order valence-corrected chi connectivity index (χ4v) is 1.88. The predicted octanol–water partition coefficient (Wildman–Crippen LogP) is 3.87. The Bertz CT molecular complexity index is 752. The first-order chi connectivity index (χ1) is 11.3. The highest BCUT2D eigenvalue weighted by molar-refractivity contribution is 6.30. The minimum atomic E-state index is -1.13. The van der Waals surface area contributed by atoms with Crippen molar-refractivity contribution in [1.29, 1.82) is 0 Å². The normalized spacial score (nSPS) is 11.5. The lowest BCUT2D eigenvalue weighted by Crippen LogP contribution is -2.40. The molecule has 8 heteroatoms. The number of amides is 2. The van der Waals surface area contributed by atoms with Gasteiger partial charge in [0.15, 0.2) is 0 Å². The minimum Gasteiger partial charge on any atom is -0.480 e. The summed E-state index contributed by atoms with van der Waals surface area (Å²) in [5, 5.41) is 13.4. The summed E-state index contributed by atoms with van der Waals surface area (Å²) >= 11 is 5.68. The molecule has 126 valence electrons. The molecule has 0 aromatic heterocycles. The monoisotopic (exact) mass is 352 g/mol. The lowest BCUT2D eigenvalue weighted by Gasteiger charge is -2.11. The zero-order valence-corrected chi connectivity index (χ0v) is 13.3. The SMILES string of the molecule is CC(NC(=O)Nc1ccc(Oc2ccc(F)c(Cl)c2)cc1)C(=O)O. The Balaban J connectivity index is 1.96. The quantitative estimate of drug-likeness (QED) is 0.762. The number of carboxylic acid groups (broad SMARTS) is 1. The van der Waals surface area contributed by atoms with Crippen molar-refractivity contribution in [3.05, 3.63) is 53.3 Å². The van der Waals surface area contributed by atoms with Crippen molar-refractivity contribution in [1.82, 2.24) is 5.32 Å². The van der Waals surface area contributed by atoms with Crippen molar-refractivity contribution in [3.8, 4) is 11.5 Å². The fraction of sp³-hybridized carbons (Fsp3) is 0.125. The van der Waals surface area contributed by atoms with Gasteiger partial charge in [0, 0.05) is 11.8 Å². The van der Waals surface area contributed by atoms with Gasteiger partial charge in [0.2, 0.25) is 0 Å². The number of halogens is 2. The number of urea groups is 1. The average Bonchev–Trinajstić information content (AvgIpc) is 2.52. The van der Waals surface area contributed by atoms with Crippen LogP contribution < -0.4 is 15.4 Å². The van der Waals surface area contributed by atoms with Crippen LogP contribution in [0, 0.1) is 5.82 Å². The van der Waals surface area contributed by atoms with E-state index in [-0.39, 0.29) is 5.02 Å². The molecule has 0 radical (unpaired) electrons.